The van der Waals surface area contributed by atoms with Gasteiger partial charge in [0.05, 0.1) is 17.1 Å². The van der Waals surface area contributed by atoms with Crippen LogP contribution in [0.4, 0.5) is 11.4 Å². The molecule has 0 bridgehead atoms. The van der Waals surface area contributed by atoms with Crippen molar-refractivity contribution in [2.24, 2.45) is 0 Å². The topological polar surface area (TPSA) is 68.0 Å². The van der Waals surface area contributed by atoms with Gasteiger partial charge in [-0.05, 0) is 57.7 Å². The summed E-state index contributed by atoms with van der Waals surface area (Å²) in [6.07, 6.45) is 0. The van der Waals surface area contributed by atoms with Gasteiger partial charge in [0.25, 0.3) is 5.91 Å². The van der Waals surface area contributed by atoms with Gasteiger partial charge in [0.1, 0.15) is 9.71 Å². The monoisotopic (exact) mass is 513 g/mol. The summed E-state index contributed by atoms with van der Waals surface area (Å²) in [7, 11) is 0. The number of aryl methyl sites for hydroxylation is 1. The summed E-state index contributed by atoms with van der Waals surface area (Å²) in [5.74, 6) is -0.250. The Morgan fingerprint density at radius 3 is 2.27 bits per heavy atom. The number of rotatable bonds is 4. The van der Waals surface area contributed by atoms with Crippen LogP contribution in [0.2, 0.25) is 0 Å². The Morgan fingerprint density at radius 2 is 1.61 bits per heavy atom. The van der Waals surface area contributed by atoms with Gasteiger partial charge in [-0.25, -0.2) is 4.98 Å². The number of nitrogens with two attached hydrogens (primary N) is 1. The number of carbonyl (C=O) groups excluding carboxylic acids is 1. The highest BCUT2D eigenvalue weighted by Crippen LogP contribution is 2.41. The number of anilines is 2. The second-order valence-corrected chi connectivity index (χ2v) is 9.60. The SMILES string of the molecule is Cc1ccc(NC(=O)c2sc3nc(-c4ccccc4)cc(-c4ccccc4)c3c2N)c(Br)c1. The van der Waals surface area contributed by atoms with Gasteiger partial charge >= 0.3 is 0 Å². The van der Waals surface area contributed by atoms with E-state index in [0.717, 1.165) is 42.6 Å². The van der Waals surface area contributed by atoms with Crippen LogP contribution in [0, 0.1) is 6.92 Å². The quantitative estimate of drug-likeness (QED) is 0.260. The van der Waals surface area contributed by atoms with Crippen LogP contribution in [0.25, 0.3) is 32.6 Å². The molecule has 4 nitrogen and oxygen atoms in total. The molecule has 0 saturated heterocycles. The number of halogens is 1. The highest BCUT2D eigenvalue weighted by atomic mass is 79.9. The van der Waals surface area contributed by atoms with E-state index in [-0.39, 0.29) is 5.91 Å². The molecule has 0 aliphatic rings. The smallest absolute Gasteiger partial charge is 0.267 e. The predicted octanol–water partition coefficient (Wildman–Crippen LogP) is 7.54. The third-order valence-corrected chi connectivity index (χ3v) is 7.19. The number of thiophene rings is 1. The molecule has 6 heteroatoms. The van der Waals surface area contributed by atoms with Crippen molar-refractivity contribution < 1.29 is 4.79 Å². The zero-order valence-corrected chi connectivity index (χ0v) is 20.2. The zero-order chi connectivity index (χ0) is 22.9. The second kappa shape index (κ2) is 8.81. The van der Waals surface area contributed by atoms with Gasteiger partial charge in [-0.2, -0.15) is 0 Å². The van der Waals surface area contributed by atoms with E-state index >= 15 is 0 Å². The Balaban J connectivity index is 1.66. The molecule has 0 atom stereocenters. The van der Waals surface area contributed by atoms with Crippen molar-refractivity contribution in [3.8, 4) is 22.4 Å². The standard InChI is InChI=1S/C27H20BrN3OS/c1-16-12-13-21(20(28)14-16)30-26(32)25-24(29)23-19(17-8-4-2-5-9-17)15-22(31-27(23)33-25)18-10-6-3-7-11-18/h2-15H,29H2,1H3,(H,30,32). The number of fused-ring (bicyclic) bond motifs is 1. The van der Waals surface area contributed by atoms with Crippen molar-refractivity contribution in [1.82, 2.24) is 4.98 Å². The fraction of sp³-hybridized carbons (Fsp3) is 0.0370. The molecule has 5 aromatic rings. The number of amides is 1. The first-order valence-electron chi connectivity index (χ1n) is 10.4. The molecule has 0 unspecified atom stereocenters. The minimum Gasteiger partial charge on any atom is -0.397 e. The molecule has 1 amide bonds. The van der Waals surface area contributed by atoms with E-state index in [2.05, 4.69) is 21.2 Å². The number of hydrogen-bond donors (Lipinski definition) is 2. The Bertz CT molecular complexity index is 1480. The van der Waals surface area contributed by atoms with Gasteiger partial charge in [-0.1, -0.05) is 66.7 Å². The summed E-state index contributed by atoms with van der Waals surface area (Å²) in [5, 5.41) is 3.78. The molecule has 2 heterocycles. The molecule has 0 aliphatic carbocycles. The van der Waals surface area contributed by atoms with Crippen LogP contribution >= 0.6 is 27.3 Å². The first-order valence-corrected chi connectivity index (χ1v) is 12.0. The average Bonchev–Trinajstić information content (AvgIpc) is 3.18. The molecule has 3 N–H and O–H groups in total. The summed E-state index contributed by atoms with van der Waals surface area (Å²) in [6, 6.07) is 27.9. The molecule has 5 rings (SSSR count). The molecule has 0 fully saturated rings. The van der Waals surface area contributed by atoms with E-state index in [4.69, 9.17) is 10.7 Å². The van der Waals surface area contributed by atoms with E-state index in [1.807, 2.05) is 91.9 Å². The first kappa shape index (κ1) is 21.4. The van der Waals surface area contributed by atoms with Crippen molar-refractivity contribution >= 4 is 54.8 Å². The van der Waals surface area contributed by atoms with E-state index in [1.165, 1.54) is 11.3 Å². The summed E-state index contributed by atoms with van der Waals surface area (Å²) in [5.41, 5.74) is 12.7. The van der Waals surface area contributed by atoms with Crippen LogP contribution in [0.1, 0.15) is 15.2 Å². The normalized spacial score (nSPS) is 11.0. The number of benzene rings is 3. The molecule has 33 heavy (non-hydrogen) atoms. The van der Waals surface area contributed by atoms with E-state index in [9.17, 15) is 4.79 Å². The molecule has 162 valence electrons. The van der Waals surface area contributed by atoms with Crippen LogP contribution in [0.15, 0.2) is 89.4 Å². The number of nitrogens with one attached hydrogen (secondary N) is 1. The molecule has 0 saturated carbocycles. The molecular formula is C27H20BrN3OS. The Morgan fingerprint density at radius 1 is 0.939 bits per heavy atom. The average molecular weight is 514 g/mol. The molecule has 0 spiro atoms. The maximum atomic E-state index is 13.2. The number of hydrogen-bond acceptors (Lipinski definition) is 4. The van der Waals surface area contributed by atoms with Crippen molar-refractivity contribution in [1.29, 1.82) is 0 Å². The van der Waals surface area contributed by atoms with Crippen molar-refractivity contribution in [3.63, 3.8) is 0 Å². The van der Waals surface area contributed by atoms with Crippen molar-refractivity contribution in [2.45, 2.75) is 6.92 Å². The summed E-state index contributed by atoms with van der Waals surface area (Å²) in [6.45, 7) is 2.00. The van der Waals surface area contributed by atoms with Gasteiger partial charge in [-0.3, -0.25) is 4.79 Å². The summed E-state index contributed by atoms with van der Waals surface area (Å²) in [4.78, 5) is 19.3. The highest BCUT2D eigenvalue weighted by molar-refractivity contribution is 9.10. The largest absolute Gasteiger partial charge is 0.397 e. The number of nitrogen functional groups attached to an aromatic ring is 1. The van der Waals surface area contributed by atoms with Gasteiger partial charge in [0.15, 0.2) is 0 Å². The lowest BCUT2D eigenvalue weighted by atomic mass is 9.99. The fourth-order valence-corrected chi connectivity index (χ4v) is 5.40. The minimum absolute atomic E-state index is 0.250. The third-order valence-electron chi connectivity index (χ3n) is 5.43. The van der Waals surface area contributed by atoms with Gasteiger partial charge in [0, 0.05) is 15.4 Å². The maximum Gasteiger partial charge on any atom is 0.267 e. The number of nitrogens with zero attached hydrogens (tertiary/aromatic N) is 1. The van der Waals surface area contributed by atoms with Crippen LogP contribution in [-0.4, -0.2) is 10.9 Å². The maximum absolute atomic E-state index is 13.2. The van der Waals surface area contributed by atoms with Crippen LogP contribution in [0.5, 0.6) is 0 Å². The second-order valence-electron chi connectivity index (χ2n) is 7.75. The Kier molecular flexibility index (Phi) is 5.70. The van der Waals surface area contributed by atoms with Crippen molar-refractivity contribution in [2.75, 3.05) is 11.1 Å². The Labute approximate surface area is 204 Å². The van der Waals surface area contributed by atoms with Gasteiger partial charge in [-0.15, -0.1) is 11.3 Å². The lowest BCUT2D eigenvalue weighted by molar-refractivity contribution is 0.103. The third kappa shape index (κ3) is 4.15. The van der Waals surface area contributed by atoms with Crippen molar-refractivity contribution in [3.05, 3.63) is 99.8 Å². The predicted molar refractivity (Wildman–Crippen MR) is 142 cm³/mol. The summed E-state index contributed by atoms with van der Waals surface area (Å²) < 4.78 is 0.824. The molecule has 0 aliphatic heterocycles. The van der Waals surface area contributed by atoms with Gasteiger partial charge in [0.2, 0.25) is 0 Å². The molecule has 0 radical (unpaired) electrons. The number of carbonyl (C=O) groups is 1. The Hall–Kier alpha value is -3.48. The molecular weight excluding hydrogens is 494 g/mol. The molecule has 2 aromatic heterocycles. The van der Waals surface area contributed by atoms with Crippen LogP contribution in [-0.2, 0) is 0 Å². The van der Waals surface area contributed by atoms with E-state index < -0.39 is 0 Å². The minimum atomic E-state index is -0.250. The van der Waals surface area contributed by atoms with E-state index in [0.29, 0.717) is 16.3 Å². The molecule has 3 aromatic carbocycles. The summed E-state index contributed by atoms with van der Waals surface area (Å²) >= 11 is 4.84. The fourth-order valence-electron chi connectivity index (χ4n) is 3.79. The van der Waals surface area contributed by atoms with Gasteiger partial charge < -0.3 is 11.1 Å². The van der Waals surface area contributed by atoms with E-state index in [1.54, 1.807) is 0 Å². The number of aromatic nitrogens is 1. The highest BCUT2D eigenvalue weighted by Gasteiger charge is 2.22. The zero-order valence-electron chi connectivity index (χ0n) is 17.8. The lowest BCUT2D eigenvalue weighted by Crippen LogP contribution is -2.12. The van der Waals surface area contributed by atoms with Crippen LogP contribution < -0.4 is 11.1 Å². The lowest BCUT2D eigenvalue weighted by Gasteiger charge is -2.09. The first-order chi connectivity index (χ1) is 16.0. The van der Waals surface area contributed by atoms with Crippen LogP contribution in [0.3, 0.4) is 0 Å². The number of pyridine rings is 1.